The Morgan fingerprint density at radius 1 is 0.970 bits per heavy atom. The molecule has 7 nitrogen and oxygen atoms in total. The monoisotopic (exact) mass is 446 g/mol. The Labute approximate surface area is 192 Å². The molecular formula is C26H26N2O5. The van der Waals surface area contributed by atoms with Crippen molar-refractivity contribution in [3.8, 4) is 28.4 Å². The standard InChI is InChI=1S/C26H26N2O5/c1-28(2)26(30)18-7-5-6-16(12-18)15-33-23-20(10-11-22(31-3)24(23)32-4)17-8-9-21-19(13-17)14-27-25(21)29/h5-13H,14-15H2,1-4H3,(H,27,29). The van der Waals surface area contributed by atoms with Gasteiger partial charge >= 0.3 is 0 Å². The Hall–Kier alpha value is -4.00. The topological polar surface area (TPSA) is 77.1 Å². The molecular weight excluding hydrogens is 420 g/mol. The lowest BCUT2D eigenvalue weighted by atomic mass is 9.99. The Morgan fingerprint density at radius 3 is 2.48 bits per heavy atom. The molecule has 1 aliphatic rings. The molecule has 0 fully saturated rings. The molecule has 0 saturated heterocycles. The number of amides is 2. The van der Waals surface area contributed by atoms with Crippen LogP contribution in [-0.4, -0.2) is 45.0 Å². The Balaban J connectivity index is 1.71. The Bertz CT molecular complexity index is 1220. The van der Waals surface area contributed by atoms with Gasteiger partial charge in [0.15, 0.2) is 11.5 Å². The molecule has 0 unspecified atom stereocenters. The molecule has 1 N–H and O–H groups in total. The lowest BCUT2D eigenvalue weighted by molar-refractivity contribution is 0.0827. The number of nitrogens with one attached hydrogen (secondary N) is 1. The van der Waals surface area contributed by atoms with Crippen LogP contribution in [0.5, 0.6) is 17.2 Å². The number of fused-ring (bicyclic) bond motifs is 1. The van der Waals surface area contributed by atoms with E-state index in [1.54, 1.807) is 34.4 Å². The summed E-state index contributed by atoms with van der Waals surface area (Å²) < 4.78 is 17.4. The molecule has 3 aromatic carbocycles. The number of methoxy groups -OCH3 is 2. The second kappa shape index (κ2) is 9.24. The van der Waals surface area contributed by atoms with Gasteiger partial charge in [0, 0.05) is 37.3 Å². The Morgan fingerprint density at radius 2 is 1.76 bits per heavy atom. The van der Waals surface area contributed by atoms with E-state index in [1.807, 2.05) is 48.5 Å². The number of rotatable bonds is 7. The lowest BCUT2D eigenvalue weighted by Crippen LogP contribution is -2.21. The summed E-state index contributed by atoms with van der Waals surface area (Å²) in [6, 6.07) is 16.8. The van der Waals surface area contributed by atoms with Crippen molar-refractivity contribution in [1.82, 2.24) is 10.2 Å². The summed E-state index contributed by atoms with van der Waals surface area (Å²) in [6.07, 6.45) is 0. The van der Waals surface area contributed by atoms with Crippen molar-refractivity contribution in [2.75, 3.05) is 28.3 Å². The summed E-state index contributed by atoms with van der Waals surface area (Å²) in [6.45, 7) is 0.730. The van der Waals surface area contributed by atoms with E-state index in [-0.39, 0.29) is 18.4 Å². The molecule has 4 rings (SSSR count). The minimum absolute atomic E-state index is 0.0625. The first-order chi connectivity index (χ1) is 15.9. The van der Waals surface area contributed by atoms with Gasteiger partial charge in [0.1, 0.15) is 6.61 Å². The fraction of sp³-hybridized carbons (Fsp3) is 0.231. The predicted molar refractivity (Wildman–Crippen MR) is 125 cm³/mol. The largest absolute Gasteiger partial charge is 0.493 e. The maximum absolute atomic E-state index is 12.3. The number of hydrogen-bond acceptors (Lipinski definition) is 5. The van der Waals surface area contributed by atoms with E-state index in [2.05, 4.69) is 5.32 Å². The first-order valence-corrected chi connectivity index (χ1v) is 10.5. The highest BCUT2D eigenvalue weighted by molar-refractivity contribution is 5.99. The summed E-state index contributed by atoms with van der Waals surface area (Å²) >= 11 is 0. The van der Waals surface area contributed by atoms with E-state index < -0.39 is 0 Å². The van der Waals surface area contributed by atoms with Gasteiger partial charge < -0.3 is 24.4 Å². The van der Waals surface area contributed by atoms with E-state index >= 15 is 0 Å². The molecule has 1 aliphatic heterocycles. The highest BCUT2D eigenvalue weighted by Gasteiger charge is 2.22. The van der Waals surface area contributed by atoms with Gasteiger partial charge in [-0.05, 0) is 53.1 Å². The van der Waals surface area contributed by atoms with Gasteiger partial charge in [0.2, 0.25) is 5.75 Å². The van der Waals surface area contributed by atoms with Gasteiger partial charge in [-0.3, -0.25) is 9.59 Å². The number of benzene rings is 3. The highest BCUT2D eigenvalue weighted by atomic mass is 16.5. The van der Waals surface area contributed by atoms with Gasteiger partial charge in [-0.25, -0.2) is 0 Å². The minimum Gasteiger partial charge on any atom is -0.493 e. The number of carbonyl (C=O) groups is 2. The first kappa shape index (κ1) is 22.2. The molecule has 33 heavy (non-hydrogen) atoms. The van der Waals surface area contributed by atoms with E-state index in [9.17, 15) is 9.59 Å². The third kappa shape index (κ3) is 4.35. The van der Waals surface area contributed by atoms with Crippen molar-refractivity contribution in [3.05, 3.63) is 76.9 Å². The molecule has 3 aromatic rings. The molecule has 0 saturated carbocycles. The molecule has 0 radical (unpaired) electrons. The maximum Gasteiger partial charge on any atom is 0.253 e. The van der Waals surface area contributed by atoms with E-state index in [1.165, 1.54) is 4.90 Å². The fourth-order valence-corrected chi connectivity index (χ4v) is 3.88. The fourth-order valence-electron chi connectivity index (χ4n) is 3.88. The molecule has 0 aliphatic carbocycles. The molecule has 0 aromatic heterocycles. The van der Waals surface area contributed by atoms with Crippen LogP contribution in [0.1, 0.15) is 31.8 Å². The first-order valence-electron chi connectivity index (χ1n) is 10.5. The molecule has 1 heterocycles. The van der Waals surface area contributed by atoms with Crippen molar-refractivity contribution in [3.63, 3.8) is 0 Å². The SMILES string of the molecule is COc1ccc(-c2ccc3c(c2)CNC3=O)c(OCc2cccc(C(=O)N(C)C)c2)c1OC. The average molecular weight is 447 g/mol. The van der Waals surface area contributed by atoms with Crippen LogP contribution in [0.15, 0.2) is 54.6 Å². The van der Waals surface area contributed by atoms with Crippen LogP contribution in [0.2, 0.25) is 0 Å². The van der Waals surface area contributed by atoms with Crippen molar-refractivity contribution < 1.29 is 23.8 Å². The number of nitrogens with zero attached hydrogens (tertiary/aromatic N) is 1. The smallest absolute Gasteiger partial charge is 0.253 e. The lowest BCUT2D eigenvalue weighted by Gasteiger charge is -2.18. The zero-order chi connectivity index (χ0) is 23.5. The summed E-state index contributed by atoms with van der Waals surface area (Å²) in [5.41, 5.74) is 4.78. The molecule has 7 heteroatoms. The molecule has 2 amide bonds. The minimum atomic E-state index is -0.0715. The number of hydrogen-bond donors (Lipinski definition) is 1. The summed E-state index contributed by atoms with van der Waals surface area (Å²) in [5.74, 6) is 1.42. The van der Waals surface area contributed by atoms with Gasteiger partial charge in [0.05, 0.1) is 14.2 Å². The van der Waals surface area contributed by atoms with Crippen LogP contribution in [0.25, 0.3) is 11.1 Å². The quantitative estimate of drug-likeness (QED) is 0.596. The van der Waals surface area contributed by atoms with Gasteiger partial charge in [-0.2, -0.15) is 0 Å². The summed E-state index contributed by atoms with van der Waals surface area (Å²) in [4.78, 5) is 25.8. The van der Waals surface area contributed by atoms with Crippen LogP contribution in [0.3, 0.4) is 0 Å². The van der Waals surface area contributed by atoms with Crippen LogP contribution in [-0.2, 0) is 13.2 Å². The van der Waals surface area contributed by atoms with Gasteiger partial charge in [0.25, 0.3) is 11.8 Å². The zero-order valence-corrected chi connectivity index (χ0v) is 19.1. The molecule has 170 valence electrons. The molecule has 0 spiro atoms. The van der Waals surface area contributed by atoms with Crippen LogP contribution >= 0.6 is 0 Å². The normalized spacial score (nSPS) is 12.1. The average Bonchev–Trinajstić information content (AvgIpc) is 3.21. The second-order valence-corrected chi connectivity index (χ2v) is 7.92. The third-order valence-corrected chi connectivity index (χ3v) is 5.56. The van der Waals surface area contributed by atoms with Crippen LogP contribution < -0.4 is 19.5 Å². The van der Waals surface area contributed by atoms with Crippen molar-refractivity contribution >= 4 is 11.8 Å². The molecule has 0 atom stereocenters. The van der Waals surface area contributed by atoms with E-state index in [4.69, 9.17) is 14.2 Å². The van der Waals surface area contributed by atoms with Gasteiger partial charge in [-0.15, -0.1) is 0 Å². The predicted octanol–water partition coefficient (Wildman–Crippen LogP) is 3.90. The zero-order valence-electron chi connectivity index (χ0n) is 19.1. The Kier molecular flexibility index (Phi) is 6.22. The number of ether oxygens (including phenoxy) is 3. The highest BCUT2D eigenvalue weighted by Crippen LogP contribution is 2.45. The van der Waals surface area contributed by atoms with Crippen molar-refractivity contribution in [1.29, 1.82) is 0 Å². The summed E-state index contributed by atoms with van der Waals surface area (Å²) in [7, 11) is 6.58. The number of carbonyl (C=O) groups excluding carboxylic acids is 2. The van der Waals surface area contributed by atoms with Crippen molar-refractivity contribution in [2.24, 2.45) is 0 Å². The summed E-state index contributed by atoms with van der Waals surface area (Å²) in [5, 5.41) is 2.84. The third-order valence-electron chi connectivity index (χ3n) is 5.56. The van der Waals surface area contributed by atoms with E-state index in [0.29, 0.717) is 34.9 Å². The van der Waals surface area contributed by atoms with Crippen LogP contribution in [0.4, 0.5) is 0 Å². The molecule has 0 bridgehead atoms. The van der Waals surface area contributed by atoms with Gasteiger partial charge in [-0.1, -0.05) is 18.2 Å². The second-order valence-electron chi connectivity index (χ2n) is 7.92. The van der Waals surface area contributed by atoms with E-state index in [0.717, 1.165) is 22.3 Å². The van der Waals surface area contributed by atoms with Crippen molar-refractivity contribution in [2.45, 2.75) is 13.2 Å². The maximum atomic E-state index is 12.3. The van der Waals surface area contributed by atoms with Crippen LogP contribution in [0, 0.1) is 0 Å².